The lowest BCUT2D eigenvalue weighted by Gasteiger charge is -2.12. The van der Waals surface area contributed by atoms with E-state index in [-0.39, 0.29) is 10.6 Å². The number of nitrogens with zero attached hydrogens (tertiary/aromatic N) is 2. The average molecular weight is 295 g/mol. The third kappa shape index (κ3) is 2.39. The van der Waals surface area contributed by atoms with Gasteiger partial charge in [-0.2, -0.15) is 0 Å². The summed E-state index contributed by atoms with van der Waals surface area (Å²) in [7, 11) is 0. The standard InChI is InChI=1S/C13H8ClFN2OS/c14-11-2-1-8(6-16-11)7-17-4-3-9(15)13-10(17)5-12(18)19-13/h1-6H,7H2. The van der Waals surface area contributed by atoms with Gasteiger partial charge in [-0.15, -0.1) is 0 Å². The maximum Gasteiger partial charge on any atom is 0.235 e. The van der Waals surface area contributed by atoms with Gasteiger partial charge < -0.3 is 4.57 Å². The van der Waals surface area contributed by atoms with Crippen LogP contribution in [0.3, 0.4) is 0 Å². The molecule has 0 bridgehead atoms. The lowest BCUT2D eigenvalue weighted by Crippen LogP contribution is -2.04. The van der Waals surface area contributed by atoms with Crippen LogP contribution in [-0.2, 0) is 6.54 Å². The minimum absolute atomic E-state index is 0.150. The second-order valence-corrected chi connectivity index (χ2v) is 5.46. The van der Waals surface area contributed by atoms with Crippen molar-refractivity contribution < 1.29 is 4.39 Å². The highest BCUT2D eigenvalue weighted by Gasteiger charge is 2.15. The Labute approximate surface area is 117 Å². The Hall–Kier alpha value is -1.72. The van der Waals surface area contributed by atoms with E-state index in [4.69, 9.17) is 11.6 Å². The zero-order valence-corrected chi connectivity index (χ0v) is 11.2. The fourth-order valence-corrected chi connectivity index (χ4v) is 2.82. The number of thiophene rings is 1. The molecule has 0 unspecified atom stereocenters. The average Bonchev–Trinajstić information content (AvgIpc) is 2.78. The number of aromatic nitrogens is 2. The van der Waals surface area contributed by atoms with Gasteiger partial charge in [0.15, 0.2) is 0 Å². The summed E-state index contributed by atoms with van der Waals surface area (Å²) in [5.74, 6) is -0.368. The molecule has 0 N–H and O–H groups in total. The summed E-state index contributed by atoms with van der Waals surface area (Å²) in [5.41, 5.74) is 1.53. The molecule has 3 nitrogen and oxygen atoms in total. The van der Waals surface area contributed by atoms with Crippen molar-refractivity contribution in [3.8, 4) is 10.6 Å². The minimum Gasteiger partial charge on any atom is -0.342 e. The molecular weight excluding hydrogens is 287 g/mol. The highest BCUT2D eigenvalue weighted by Crippen LogP contribution is 2.28. The monoisotopic (exact) mass is 294 g/mol. The Morgan fingerprint density at radius 2 is 2.21 bits per heavy atom. The molecule has 0 amide bonds. The van der Waals surface area contributed by atoms with Gasteiger partial charge in [0.05, 0.1) is 10.6 Å². The predicted molar refractivity (Wildman–Crippen MR) is 73.5 cm³/mol. The molecule has 0 saturated carbocycles. The molecule has 0 fully saturated rings. The maximum atomic E-state index is 13.6. The Morgan fingerprint density at radius 1 is 1.37 bits per heavy atom. The molecule has 2 aliphatic rings. The molecule has 19 heavy (non-hydrogen) atoms. The van der Waals surface area contributed by atoms with E-state index in [2.05, 4.69) is 4.98 Å². The summed E-state index contributed by atoms with van der Waals surface area (Å²) in [5, 5.41) is 0.426. The Kier molecular flexibility index (Phi) is 3.08. The molecule has 0 aliphatic carbocycles. The molecule has 0 saturated heterocycles. The highest BCUT2D eigenvalue weighted by atomic mass is 35.5. The van der Waals surface area contributed by atoms with E-state index in [1.54, 1.807) is 18.5 Å². The molecule has 0 atom stereocenters. The maximum absolute atomic E-state index is 13.6. The molecule has 2 aliphatic heterocycles. The van der Waals surface area contributed by atoms with Gasteiger partial charge >= 0.3 is 0 Å². The van der Waals surface area contributed by atoms with Gasteiger partial charge in [0.1, 0.15) is 11.0 Å². The summed E-state index contributed by atoms with van der Waals surface area (Å²) < 4.78 is 15.3. The normalized spacial score (nSPS) is 11.1. The van der Waals surface area contributed by atoms with Crippen molar-refractivity contribution >= 4 is 22.9 Å². The smallest absolute Gasteiger partial charge is 0.235 e. The zero-order valence-electron chi connectivity index (χ0n) is 9.64. The van der Waals surface area contributed by atoms with E-state index in [0.717, 1.165) is 16.9 Å². The molecule has 3 heterocycles. The molecule has 3 rings (SSSR count). The fraction of sp³-hybridized carbons (Fsp3) is 0.0769. The van der Waals surface area contributed by atoms with Crippen LogP contribution in [0.2, 0.25) is 5.15 Å². The molecule has 0 radical (unpaired) electrons. The quantitative estimate of drug-likeness (QED) is 0.680. The number of pyridine rings is 2. The van der Waals surface area contributed by atoms with Crippen molar-refractivity contribution in [2.45, 2.75) is 6.54 Å². The van der Waals surface area contributed by atoms with E-state index < -0.39 is 0 Å². The van der Waals surface area contributed by atoms with Crippen LogP contribution in [0.1, 0.15) is 5.56 Å². The van der Waals surface area contributed by atoms with E-state index >= 15 is 0 Å². The Morgan fingerprint density at radius 3 is 2.95 bits per heavy atom. The van der Waals surface area contributed by atoms with Crippen molar-refractivity contribution in [3.63, 3.8) is 0 Å². The first kappa shape index (κ1) is 12.3. The number of hydrogen-bond donors (Lipinski definition) is 0. The molecular formula is C13H8ClFN2OS. The van der Waals surface area contributed by atoms with Gasteiger partial charge in [-0.05, 0) is 17.7 Å². The van der Waals surface area contributed by atoms with Crippen LogP contribution in [0, 0.1) is 5.82 Å². The van der Waals surface area contributed by atoms with Gasteiger partial charge in [-0.3, -0.25) is 4.79 Å². The first-order valence-corrected chi connectivity index (χ1v) is 6.72. The zero-order chi connectivity index (χ0) is 13.4. The van der Waals surface area contributed by atoms with Gasteiger partial charge in [0, 0.05) is 25.0 Å². The second kappa shape index (κ2) is 4.75. The minimum atomic E-state index is -0.368. The first-order chi connectivity index (χ1) is 9.13. The van der Waals surface area contributed by atoms with Crippen molar-refractivity contribution in [1.29, 1.82) is 0 Å². The van der Waals surface area contributed by atoms with Crippen LogP contribution in [0.4, 0.5) is 4.39 Å². The van der Waals surface area contributed by atoms with Gasteiger partial charge in [-0.1, -0.05) is 29.0 Å². The molecule has 1 aromatic heterocycles. The van der Waals surface area contributed by atoms with Gasteiger partial charge in [0.25, 0.3) is 0 Å². The van der Waals surface area contributed by atoms with E-state index in [1.165, 1.54) is 12.1 Å². The number of hydrogen-bond acceptors (Lipinski definition) is 3. The molecule has 1 aromatic rings. The lowest BCUT2D eigenvalue weighted by molar-refractivity contribution is 0.624. The van der Waals surface area contributed by atoms with Crippen LogP contribution in [0.25, 0.3) is 10.6 Å². The van der Waals surface area contributed by atoms with Gasteiger partial charge in [-0.25, -0.2) is 9.37 Å². The van der Waals surface area contributed by atoms with Crippen LogP contribution < -0.4 is 4.74 Å². The van der Waals surface area contributed by atoms with Crippen LogP contribution in [0.15, 0.2) is 41.5 Å². The van der Waals surface area contributed by atoms with Crippen LogP contribution >= 0.6 is 22.9 Å². The molecule has 0 spiro atoms. The highest BCUT2D eigenvalue weighted by molar-refractivity contribution is 7.13. The van der Waals surface area contributed by atoms with Crippen LogP contribution in [0.5, 0.6) is 0 Å². The van der Waals surface area contributed by atoms with Crippen molar-refractivity contribution in [2.24, 2.45) is 0 Å². The summed E-state index contributed by atoms with van der Waals surface area (Å²) in [6.45, 7) is 0.511. The Bertz CT molecular complexity index is 750. The summed E-state index contributed by atoms with van der Waals surface area (Å²) in [6, 6.07) is 6.36. The SMILES string of the molecule is O=c1cc2n(Cc3ccc(Cl)nc3)ccc(F)c-2s1. The van der Waals surface area contributed by atoms with Crippen molar-refractivity contribution in [2.75, 3.05) is 0 Å². The first-order valence-electron chi connectivity index (χ1n) is 5.52. The van der Waals surface area contributed by atoms with Crippen molar-refractivity contribution in [3.05, 3.63) is 62.7 Å². The largest absolute Gasteiger partial charge is 0.342 e. The van der Waals surface area contributed by atoms with Gasteiger partial charge in [0.2, 0.25) is 4.74 Å². The van der Waals surface area contributed by atoms with E-state index in [9.17, 15) is 9.18 Å². The molecule has 0 aromatic carbocycles. The summed E-state index contributed by atoms with van der Waals surface area (Å²) >= 11 is 6.64. The summed E-state index contributed by atoms with van der Waals surface area (Å²) in [4.78, 5) is 15.8. The Balaban J connectivity index is 2.04. The fourth-order valence-electron chi connectivity index (χ4n) is 1.89. The molecule has 6 heteroatoms. The van der Waals surface area contributed by atoms with E-state index in [1.807, 2.05) is 10.6 Å². The summed E-state index contributed by atoms with van der Waals surface area (Å²) in [6.07, 6.45) is 3.29. The number of rotatable bonds is 2. The third-order valence-electron chi connectivity index (χ3n) is 2.76. The number of fused-ring (bicyclic) bond motifs is 1. The van der Waals surface area contributed by atoms with Crippen molar-refractivity contribution in [1.82, 2.24) is 9.55 Å². The third-order valence-corrected chi connectivity index (χ3v) is 3.91. The number of halogens is 2. The predicted octanol–water partition coefficient (Wildman–Crippen LogP) is 3.25. The molecule has 96 valence electrons. The van der Waals surface area contributed by atoms with E-state index in [0.29, 0.717) is 22.3 Å². The lowest BCUT2D eigenvalue weighted by atomic mass is 10.2. The topological polar surface area (TPSA) is 34.9 Å². The second-order valence-electron chi connectivity index (χ2n) is 4.06. The van der Waals surface area contributed by atoms with Crippen LogP contribution in [-0.4, -0.2) is 9.55 Å².